The third-order valence-corrected chi connectivity index (χ3v) is 3.10. The topological polar surface area (TPSA) is 117 Å². The molecule has 0 aromatic carbocycles. The number of amides is 4. The maximum absolute atomic E-state index is 11.7. The fourth-order valence-corrected chi connectivity index (χ4v) is 1.99. The minimum Gasteiger partial charge on any atom is -0.368 e. The van der Waals surface area contributed by atoms with Crippen molar-refractivity contribution < 1.29 is 14.4 Å². The van der Waals surface area contributed by atoms with E-state index in [9.17, 15) is 14.4 Å². The van der Waals surface area contributed by atoms with Crippen LogP contribution in [0.2, 0.25) is 0 Å². The van der Waals surface area contributed by atoms with Crippen molar-refractivity contribution in [3.63, 3.8) is 0 Å². The molecule has 5 N–H and O–H groups in total. The van der Waals surface area contributed by atoms with Crippen molar-refractivity contribution in [1.29, 1.82) is 0 Å². The van der Waals surface area contributed by atoms with Crippen LogP contribution in [0.4, 0.5) is 4.79 Å². The van der Waals surface area contributed by atoms with Crippen molar-refractivity contribution in [1.82, 2.24) is 20.9 Å². The van der Waals surface area contributed by atoms with Gasteiger partial charge in [-0.25, -0.2) is 4.79 Å². The summed E-state index contributed by atoms with van der Waals surface area (Å²) in [6.07, 6.45) is 1.83. The van der Waals surface area contributed by atoms with Crippen molar-refractivity contribution >= 4 is 17.8 Å². The second-order valence-electron chi connectivity index (χ2n) is 4.75. The summed E-state index contributed by atoms with van der Waals surface area (Å²) in [6, 6.07) is -1.02. The van der Waals surface area contributed by atoms with Gasteiger partial charge in [0.15, 0.2) is 0 Å². The Kier molecular flexibility index (Phi) is 6.96. The molecule has 1 fully saturated rings. The largest absolute Gasteiger partial charge is 0.368 e. The Morgan fingerprint density at radius 1 is 1.40 bits per heavy atom. The van der Waals surface area contributed by atoms with Gasteiger partial charge in [0.25, 0.3) is 0 Å². The van der Waals surface area contributed by atoms with Gasteiger partial charge in [0.1, 0.15) is 6.04 Å². The number of piperazine rings is 1. The summed E-state index contributed by atoms with van der Waals surface area (Å²) in [4.78, 5) is 36.1. The summed E-state index contributed by atoms with van der Waals surface area (Å²) < 4.78 is 0. The fraction of sp³-hybridized carbons (Fsp3) is 0.750. The van der Waals surface area contributed by atoms with Crippen LogP contribution in [-0.2, 0) is 9.59 Å². The first-order valence-corrected chi connectivity index (χ1v) is 6.86. The average Bonchev–Trinajstić information content (AvgIpc) is 2.39. The molecule has 0 aliphatic carbocycles. The lowest BCUT2D eigenvalue weighted by molar-refractivity contribution is -0.127. The van der Waals surface area contributed by atoms with E-state index in [-0.39, 0.29) is 6.54 Å². The molecule has 0 aromatic heterocycles. The van der Waals surface area contributed by atoms with Crippen LogP contribution in [-0.4, -0.2) is 61.5 Å². The van der Waals surface area contributed by atoms with E-state index in [1.54, 1.807) is 4.90 Å². The van der Waals surface area contributed by atoms with E-state index in [0.717, 1.165) is 12.8 Å². The second-order valence-corrected chi connectivity index (χ2v) is 4.75. The summed E-state index contributed by atoms with van der Waals surface area (Å²) in [7, 11) is 0. The Morgan fingerprint density at radius 2 is 2.15 bits per heavy atom. The van der Waals surface area contributed by atoms with Gasteiger partial charge in [-0.2, -0.15) is 0 Å². The zero-order valence-electron chi connectivity index (χ0n) is 11.8. The molecule has 0 bridgehead atoms. The van der Waals surface area contributed by atoms with Gasteiger partial charge in [0.2, 0.25) is 11.8 Å². The number of imide groups is 1. The Hall–Kier alpha value is -1.67. The zero-order valence-corrected chi connectivity index (χ0v) is 11.8. The second kappa shape index (κ2) is 8.49. The number of carbonyl (C=O) groups excluding carboxylic acids is 3. The molecule has 1 unspecified atom stereocenters. The normalized spacial score (nSPS) is 19.4. The van der Waals surface area contributed by atoms with E-state index in [2.05, 4.69) is 16.0 Å². The van der Waals surface area contributed by atoms with Gasteiger partial charge in [-0.15, -0.1) is 0 Å². The van der Waals surface area contributed by atoms with Crippen molar-refractivity contribution in [2.75, 3.05) is 32.7 Å². The molecule has 1 atom stereocenters. The first kappa shape index (κ1) is 16.4. The smallest absolute Gasteiger partial charge is 0.321 e. The van der Waals surface area contributed by atoms with Crippen LogP contribution < -0.4 is 21.7 Å². The quantitative estimate of drug-likeness (QED) is 0.437. The highest BCUT2D eigenvalue weighted by molar-refractivity contribution is 5.95. The van der Waals surface area contributed by atoms with Crippen molar-refractivity contribution in [3.05, 3.63) is 0 Å². The fourth-order valence-electron chi connectivity index (χ4n) is 1.99. The number of hydrogen-bond donors (Lipinski definition) is 4. The zero-order chi connectivity index (χ0) is 15.0. The van der Waals surface area contributed by atoms with Crippen LogP contribution in [0.15, 0.2) is 0 Å². The molecule has 0 radical (unpaired) electrons. The maximum Gasteiger partial charge on any atom is 0.321 e. The molecule has 4 amide bonds. The monoisotopic (exact) mass is 285 g/mol. The van der Waals surface area contributed by atoms with Crippen LogP contribution >= 0.6 is 0 Å². The van der Waals surface area contributed by atoms with E-state index < -0.39 is 23.9 Å². The highest BCUT2D eigenvalue weighted by Crippen LogP contribution is 2.01. The number of nitrogens with two attached hydrogens (primary N) is 1. The highest BCUT2D eigenvalue weighted by atomic mass is 16.2. The SMILES string of the molecule is CCCCNC(=O)NC(=O)CN1CCNCC1C(N)=O. The molecule has 0 spiro atoms. The first-order valence-electron chi connectivity index (χ1n) is 6.86. The molecule has 1 aliphatic heterocycles. The number of nitrogens with one attached hydrogen (secondary N) is 3. The van der Waals surface area contributed by atoms with Gasteiger partial charge < -0.3 is 16.4 Å². The van der Waals surface area contributed by atoms with Gasteiger partial charge >= 0.3 is 6.03 Å². The molecule has 1 aliphatic rings. The Morgan fingerprint density at radius 3 is 2.80 bits per heavy atom. The number of rotatable bonds is 6. The summed E-state index contributed by atoms with van der Waals surface area (Å²) in [6.45, 7) is 4.17. The van der Waals surface area contributed by atoms with Crippen LogP contribution in [0.5, 0.6) is 0 Å². The predicted molar refractivity (Wildman–Crippen MR) is 73.9 cm³/mol. The van der Waals surface area contributed by atoms with Crippen LogP contribution in [0.1, 0.15) is 19.8 Å². The van der Waals surface area contributed by atoms with Gasteiger partial charge in [0, 0.05) is 26.2 Å². The standard InChI is InChI=1S/C12H23N5O3/c1-2-3-4-15-12(20)16-10(18)8-17-6-5-14-7-9(17)11(13)19/h9,14H,2-8H2,1H3,(H2,13,19)(H2,15,16,18,20). The Labute approximate surface area is 118 Å². The molecule has 8 nitrogen and oxygen atoms in total. The van der Waals surface area contributed by atoms with Gasteiger partial charge in [0.05, 0.1) is 6.54 Å². The highest BCUT2D eigenvalue weighted by Gasteiger charge is 2.28. The number of unbranched alkanes of at least 4 members (excludes halogenated alkanes) is 1. The third kappa shape index (κ3) is 5.54. The number of nitrogens with zero attached hydrogens (tertiary/aromatic N) is 1. The molecule has 0 aromatic rings. The minimum absolute atomic E-state index is 0.0174. The van der Waals surface area contributed by atoms with Crippen molar-refractivity contribution in [3.8, 4) is 0 Å². The average molecular weight is 285 g/mol. The number of hydrogen-bond acceptors (Lipinski definition) is 5. The van der Waals surface area contributed by atoms with E-state index in [1.807, 2.05) is 6.92 Å². The van der Waals surface area contributed by atoms with E-state index in [1.165, 1.54) is 0 Å². The summed E-state index contributed by atoms with van der Waals surface area (Å²) in [5, 5.41) is 7.88. The van der Waals surface area contributed by atoms with Crippen LogP contribution in [0.25, 0.3) is 0 Å². The molecule has 1 saturated heterocycles. The van der Waals surface area contributed by atoms with Gasteiger partial charge in [-0.3, -0.25) is 19.8 Å². The molecule has 20 heavy (non-hydrogen) atoms. The van der Waals surface area contributed by atoms with Crippen molar-refractivity contribution in [2.45, 2.75) is 25.8 Å². The van der Waals surface area contributed by atoms with E-state index >= 15 is 0 Å². The number of carbonyl (C=O) groups is 3. The minimum atomic E-state index is -0.516. The molecular weight excluding hydrogens is 262 g/mol. The first-order chi connectivity index (χ1) is 9.54. The molecule has 114 valence electrons. The van der Waals surface area contributed by atoms with E-state index in [4.69, 9.17) is 5.73 Å². The third-order valence-electron chi connectivity index (χ3n) is 3.10. The number of primary amides is 1. The Bertz CT molecular complexity index is 361. The predicted octanol–water partition coefficient (Wildman–Crippen LogP) is -1.63. The molecular formula is C12H23N5O3. The van der Waals surface area contributed by atoms with Gasteiger partial charge in [-0.05, 0) is 6.42 Å². The van der Waals surface area contributed by atoms with Crippen LogP contribution in [0, 0.1) is 0 Å². The molecule has 1 rings (SSSR count). The van der Waals surface area contributed by atoms with Crippen LogP contribution in [0.3, 0.4) is 0 Å². The van der Waals surface area contributed by atoms with Gasteiger partial charge in [-0.1, -0.05) is 13.3 Å². The molecule has 1 heterocycles. The lowest BCUT2D eigenvalue weighted by atomic mass is 10.2. The van der Waals surface area contributed by atoms with Crippen molar-refractivity contribution in [2.24, 2.45) is 5.73 Å². The molecule has 0 saturated carbocycles. The lowest BCUT2D eigenvalue weighted by Crippen LogP contribution is -2.59. The summed E-state index contributed by atoms with van der Waals surface area (Å²) in [5.74, 6) is -0.912. The lowest BCUT2D eigenvalue weighted by Gasteiger charge is -2.33. The maximum atomic E-state index is 11.7. The summed E-state index contributed by atoms with van der Waals surface area (Å²) >= 11 is 0. The molecule has 8 heteroatoms. The summed E-state index contributed by atoms with van der Waals surface area (Å²) in [5.41, 5.74) is 5.28. The van der Waals surface area contributed by atoms with E-state index in [0.29, 0.717) is 26.2 Å². The Balaban J connectivity index is 2.36. The number of urea groups is 1.